The van der Waals surface area contributed by atoms with Gasteiger partial charge in [-0.15, -0.1) is 5.10 Å². The molecule has 0 aliphatic rings. The summed E-state index contributed by atoms with van der Waals surface area (Å²) in [5.74, 6) is 1.48. The highest BCUT2D eigenvalue weighted by atomic mass is 32.1. The van der Waals surface area contributed by atoms with Crippen LogP contribution in [-0.4, -0.2) is 27.8 Å². The molecule has 2 aromatic heterocycles. The summed E-state index contributed by atoms with van der Waals surface area (Å²) in [6.45, 7) is 5.19. The molecule has 0 aliphatic carbocycles. The fourth-order valence-corrected chi connectivity index (χ4v) is 4.06. The van der Waals surface area contributed by atoms with Gasteiger partial charge in [-0.05, 0) is 60.9 Å². The molecular weight excluding hydrogens is 441 g/mol. The van der Waals surface area contributed by atoms with E-state index in [0.29, 0.717) is 40.0 Å². The van der Waals surface area contributed by atoms with Crippen LogP contribution in [0.1, 0.15) is 43.6 Å². The van der Waals surface area contributed by atoms with Crippen molar-refractivity contribution >= 4 is 34.5 Å². The molecule has 2 heterocycles. The van der Waals surface area contributed by atoms with E-state index in [0.717, 1.165) is 24.0 Å². The number of hydrogen-bond acceptors (Lipinski definition) is 6. The molecular formula is C25H24FN3O3S. The molecule has 0 unspecified atom stereocenters. The summed E-state index contributed by atoms with van der Waals surface area (Å²) in [5.41, 5.74) is 1.42. The fraction of sp³-hybridized carbons (Fsp3) is 0.240. The van der Waals surface area contributed by atoms with Gasteiger partial charge in [0, 0.05) is 0 Å². The number of benzene rings is 2. The van der Waals surface area contributed by atoms with Crippen LogP contribution in [0.15, 0.2) is 47.3 Å². The van der Waals surface area contributed by atoms with E-state index in [1.54, 1.807) is 30.4 Å². The number of hydrogen-bond donors (Lipinski definition) is 0. The molecule has 0 atom stereocenters. The van der Waals surface area contributed by atoms with E-state index < -0.39 is 0 Å². The predicted octanol–water partition coefficient (Wildman–Crippen LogP) is 4.59. The highest BCUT2D eigenvalue weighted by Gasteiger charge is 2.10. The third kappa shape index (κ3) is 5.46. The molecule has 33 heavy (non-hydrogen) atoms. The second-order valence-corrected chi connectivity index (χ2v) is 8.32. The zero-order chi connectivity index (χ0) is 23.2. The SMILES string of the molecule is CCCCOc1ccc(/C=c2/sc3nc(/C=C/c4ccc(F)cc4)nn3c2=O)cc1OCC. The summed E-state index contributed by atoms with van der Waals surface area (Å²) in [6, 6.07) is 11.7. The molecule has 4 aromatic rings. The minimum atomic E-state index is -0.292. The lowest BCUT2D eigenvalue weighted by atomic mass is 10.2. The standard InChI is InChI=1S/C25H24FN3O3S/c1-3-5-14-32-20-12-8-18(15-21(20)31-4-2)16-22-24(30)29-25(33-22)27-23(28-29)13-9-17-6-10-19(26)11-7-17/h6-13,15-16H,3-5,14H2,1-2H3/b13-9+,22-16+. The molecule has 0 spiro atoms. The largest absolute Gasteiger partial charge is 0.490 e. The second-order valence-electron chi connectivity index (χ2n) is 7.31. The smallest absolute Gasteiger partial charge is 0.291 e. The first-order valence-corrected chi connectivity index (χ1v) is 11.6. The van der Waals surface area contributed by atoms with E-state index in [9.17, 15) is 9.18 Å². The van der Waals surface area contributed by atoms with Gasteiger partial charge in [-0.25, -0.2) is 4.39 Å². The number of rotatable bonds is 9. The molecule has 0 saturated carbocycles. The van der Waals surface area contributed by atoms with Crippen LogP contribution in [-0.2, 0) is 0 Å². The van der Waals surface area contributed by atoms with Crippen LogP contribution in [0.4, 0.5) is 4.39 Å². The van der Waals surface area contributed by atoms with E-state index in [-0.39, 0.29) is 11.4 Å². The van der Waals surface area contributed by atoms with Crippen molar-refractivity contribution in [1.29, 1.82) is 0 Å². The summed E-state index contributed by atoms with van der Waals surface area (Å²) < 4.78 is 26.4. The highest BCUT2D eigenvalue weighted by Crippen LogP contribution is 2.29. The minimum Gasteiger partial charge on any atom is -0.490 e. The van der Waals surface area contributed by atoms with E-state index in [4.69, 9.17) is 9.47 Å². The molecule has 0 radical (unpaired) electrons. The van der Waals surface area contributed by atoms with Crippen LogP contribution in [0.3, 0.4) is 0 Å². The van der Waals surface area contributed by atoms with E-state index in [1.807, 2.05) is 25.1 Å². The van der Waals surface area contributed by atoms with Gasteiger partial charge in [0.15, 0.2) is 17.3 Å². The molecule has 0 saturated heterocycles. The maximum atomic E-state index is 13.0. The molecule has 0 amide bonds. The van der Waals surface area contributed by atoms with E-state index in [2.05, 4.69) is 17.0 Å². The van der Waals surface area contributed by atoms with Crippen molar-refractivity contribution in [2.75, 3.05) is 13.2 Å². The zero-order valence-corrected chi connectivity index (χ0v) is 19.3. The molecule has 2 aromatic carbocycles. The number of unbranched alkanes of at least 4 members (excludes halogenated alkanes) is 1. The highest BCUT2D eigenvalue weighted by molar-refractivity contribution is 7.15. The number of fused-ring (bicyclic) bond motifs is 1. The summed E-state index contributed by atoms with van der Waals surface area (Å²) >= 11 is 1.27. The average molecular weight is 466 g/mol. The first kappa shape index (κ1) is 22.7. The Kier molecular flexibility index (Phi) is 7.14. The van der Waals surface area contributed by atoms with Gasteiger partial charge in [0.05, 0.1) is 17.7 Å². The van der Waals surface area contributed by atoms with Crippen molar-refractivity contribution in [3.05, 3.63) is 80.1 Å². The maximum Gasteiger partial charge on any atom is 0.291 e. The van der Waals surface area contributed by atoms with Gasteiger partial charge >= 0.3 is 0 Å². The maximum absolute atomic E-state index is 13.0. The lowest BCUT2D eigenvalue weighted by Gasteiger charge is -2.12. The van der Waals surface area contributed by atoms with Crippen molar-refractivity contribution in [2.24, 2.45) is 0 Å². The van der Waals surface area contributed by atoms with Gasteiger partial charge in [0.1, 0.15) is 5.82 Å². The number of thiazole rings is 1. The van der Waals surface area contributed by atoms with E-state index >= 15 is 0 Å². The number of nitrogens with zero attached hydrogens (tertiary/aromatic N) is 3. The van der Waals surface area contributed by atoms with Crippen LogP contribution in [0.2, 0.25) is 0 Å². The first-order valence-electron chi connectivity index (χ1n) is 10.8. The second kappa shape index (κ2) is 10.4. The van der Waals surface area contributed by atoms with Crippen LogP contribution in [0.25, 0.3) is 23.2 Å². The molecule has 0 fully saturated rings. The van der Waals surface area contributed by atoms with Crippen LogP contribution in [0.5, 0.6) is 11.5 Å². The lowest BCUT2D eigenvalue weighted by Crippen LogP contribution is -2.23. The number of ether oxygens (including phenoxy) is 2. The van der Waals surface area contributed by atoms with Crippen molar-refractivity contribution in [3.8, 4) is 11.5 Å². The van der Waals surface area contributed by atoms with Crippen LogP contribution in [0, 0.1) is 5.82 Å². The van der Waals surface area contributed by atoms with Crippen LogP contribution >= 0.6 is 11.3 Å². The Morgan fingerprint density at radius 3 is 2.55 bits per heavy atom. The Morgan fingerprint density at radius 2 is 1.82 bits per heavy atom. The van der Waals surface area contributed by atoms with Gasteiger partial charge in [-0.1, -0.05) is 49.0 Å². The molecule has 6 nitrogen and oxygen atoms in total. The van der Waals surface area contributed by atoms with Crippen LogP contribution < -0.4 is 19.6 Å². The summed E-state index contributed by atoms with van der Waals surface area (Å²) in [4.78, 5) is 17.8. The van der Waals surface area contributed by atoms with Crippen molar-refractivity contribution in [3.63, 3.8) is 0 Å². The van der Waals surface area contributed by atoms with E-state index in [1.165, 1.54) is 28.0 Å². The Hall–Kier alpha value is -3.52. The summed E-state index contributed by atoms with van der Waals surface area (Å²) in [7, 11) is 0. The molecule has 8 heteroatoms. The first-order chi connectivity index (χ1) is 16.1. The van der Waals surface area contributed by atoms with Gasteiger partial charge in [0.25, 0.3) is 5.56 Å². The Balaban J connectivity index is 1.59. The topological polar surface area (TPSA) is 65.7 Å². The van der Waals surface area contributed by atoms with Crippen molar-refractivity contribution in [1.82, 2.24) is 14.6 Å². The van der Waals surface area contributed by atoms with Crippen molar-refractivity contribution in [2.45, 2.75) is 26.7 Å². The third-order valence-corrected chi connectivity index (χ3v) is 5.77. The minimum absolute atomic E-state index is 0.231. The lowest BCUT2D eigenvalue weighted by molar-refractivity contribution is 0.272. The molecule has 0 aliphatic heterocycles. The predicted molar refractivity (Wildman–Crippen MR) is 129 cm³/mol. The molecule has 4 rings (SSSR count). The molecule has 0 N–H and O–H groups in total. The summed E-state index contributed by atoms with van der Waals surface area (Å²) in [5, 5.41) is 4.29. The van der Waals surface area contributed by atoms with Gasteiger partial charge in [-0.2, -0.15) is 9.50 Å². The quantitative estimate of drug-likeness (QED) is 0.339. The Bertz CT molecular complexity index is 1380. The third-order valence-electron chi connectivity index (χ3n) is 4.81. The number of halogens is 1. The molecule has 170 valence electrons. The van der Waals surface area contributed by atoms with Crippen molar-refractivity contribution < 1.29 is 13.9 Å². The fourth-order valence-electron chi connectivity index (χ4n) is 3.14. The number of aromatic nitrogens is 3. The summed E-state index contributed by atoms with van der Waals surface area (Å²) in [6.07, 6.45) is 7.30. The average Bonchev–Trinajstić information content (AvgIpc) is 3.34. The monoisotopic (exact) mass is 465 g/mol. The molecule has 0 bridgehead atoms. The van der Waals surface area contributed by atoms with Gasteiger partial charge < -0.3 is 9.47 Å². The Labute approximate surface area is 194 Å². The normalized spacial score (nSPS) is 12.2. The Morgan fingerprint density at radius 1 is 1.03 bits per heavy atom. The van der Waals surface area contributed by atoms with Gasteiger partial charge in [-0.3, -0.25) is 4.79 Å². The van der Waals surface area contributed by atoms with Gasteiger partial charge in [0.2, 0.25) is 4.96 Å². The zero-order valence-electron chi connectivity index (χ0n) is 18.5.